The number of nitrogens with two attached hydrogens (primary N) is 1. The van der Waals surface area contributed by atoms with Crippen LogP contribution in [0.1, 0.15) is 323 Å². The number of hydrogen-bond acceptors (Lipinski definition) is 18. The van der Waals surface area contributed by atoms with Crippen molar-refractivity contribution >= 4 is 122 Å². The lowest BCUT2D eigenvalue weighted by molar-refractivity contribution is -0.122. The lowest BCUT2D eigenvalue weighted by Gasteiger charge is -2.22. The van der Waals surface area contributed by atoms with Gasteiger partial charge in [0.25, 0.3) is 0 Å². The molecule has 6 aromatic rings. The number of hydrogen-bond donors (Lipinski definition) is 7. The molecular weight excluding hydrogens is 1680 g/mol. The zero-order valence-electron chi connectivity index (χ0n) is 80.4. The van der Waals surface area contributed by atoms with Crippen molar-refractivity contribution in [3.05, 3.63) is 131 Å². The summed E-state index contributed by atoms with van der Waals surface area (Å²) in [6, 6.07) is 30.9. The molecule has 6 saturated carbocycles. The summed E-state index contributed by atoms with van der Waals surface area (Å²) in [5, 5.41) is 47.3. The van der Waals surface area contributed by atoms with Gasteiger partial charge in [-0.2, -0.15) is 0 Å². The number of tetrazole rings is 2. The summed E-state index contributed by atoms with van der Waals surface area (Å²) in [5.41, 5.74) is 11.4. The molecule has 14 rings (SSSR count). The first-order chi connectivity index (χ1) is 63.0. The number of halogens is 6. The molecule has 0 spiro atoms. The van der Waals surface area contributed by atoms with E-state index >= 15 is 0 Å². The van der Waals surface area contributed by atoms with Gasteiger partial charge in [-0.1, -0.05) is 157 Å². The number of nitrogens with zero attached hydrogens (tertiary/aromatic N) is 8. The number of benzene rings is 4. The third kappa shape index (κ3) is 45.5. The van der Waals surface area contributed by atoms with Crippen molar-refractivity contribution in [3.8, 4) is 11.5 Å². The third-order valence-electron chi connectivity index (χ3n) is 20.8. The zero-order valence-corrected chi connectivity index (χ0v) is 74.9. The highest BCUT2D eigenvalue weighted by atomic mass is 35.5. The number of anilines is 2. The normalized spacial score (nSPS) is 19.9. The summed E-state index contributed by atoms with van der Waals surface area (Å²) in [6.07, 6.45) is 22.5. The number of amides is 5. The molecule has 0 bridgehead atoms. The van der Waals surface area contributed by atoms with Crippen molar-refractivity contribution in [2.45, 2.75) is 338 Å². The van der Waals surface area contributed by atoms with Crippen LogP contribution < -0.4 is 37.1 Å². The molecule has 5 amide bonds. The maximum atomic E-state index is 11.6. The van der Waals surface area contributed by atoms with Crippen LogP contribution in [0.5, 0.6) is 11.5 Å². The van der Waals surface area contributed by atoms with Gasteiger partial charge < -0.3 is 51.6 Å². The molecule has 2 aromatic heterocycles. The van der Waals surface area contributed by atoms with Gasteiger partial charge in [0, 0.05) is 118 Å². The average Bonchev–Trinajstić information content (AvgIpc) is 1.21. The van der Waals surface area contributed by atoms with Gasteiger partial charge in [0.15, 0.2) is 11.6 Å². The topological polar surface area (TPSA) is 341 Å². The number of alkyl carbamates (subject to hydrolysis) is 2. The average molecular weight is 1820 g/mol. The van der Waals surface area contributed by atoms with E-state index in [-0.39, 0.29) is 89.3 Å². The number of alkyl halides is 5. The fraction of sp³-hybridized carbons (Fsp3) is 0.637. The van der Waals surface area contributed by atoms with E-state index in [1.54, 1.807) is 18.2 Å². The molecule has 0 unspecified atom stereocenters. The summed E-state index contributed by atoms with van der Waals surface area (Å²) in [7, 11) is 0. The summed E-state index contributed by atoms with van der Waals surface area (Å²) in [4.78, 5) is 78.1. The molecule has 6 aliphatic carbocycles. The Bertz CT molecular complexity index is 4330. The van der Waals surface area contributed by atoms with Gasteiger partial charge in [-0.05, 0) is 232 Å². The molecule has 0 saturated heterocycles. The van der Waals surface area contributed by atoms with E-state index in [1.807, 2.05) is 88.2 Å². The summed E-state index contributed by atoms with van der Waals surface area (Å²) in [5.74, 6) is 5.25. The molecule has 0 radical (unpaired) electrons. The Morgan fingerprint density at radius 1 is 0.484 bits per heavy atom. The predicted octanol–water partition coefficient (Wildman–Crippen LogP) is 20.9. The Balaban J connectivity index is 0.000000237. The second-order valence-corrected chi connectivity index (χ2v) is 32.8. The molecule has 8 N–H and O–H groups in total. The number of aromatic nitrogens is 8. The first kappa shape index (κ1) is 88.1. The standard InChI is InChI=1S/C20H27N5O2.C14H17NO3.C14H19NO2.C11H19ClN4.C11H20ClNO.C9H9NO2.C6H13N.C5H8Cl2O.CH2Cl2/c26-20-12-9-15-14-17(10-11-18(15)21-20)27-13-5-4-8-19-22-23-24-25(19)16-6-2-1-3-7-16;16-13-8-6-12(7-9-13)15-14(17)18-10-11-4-2-1-3-5-11;16-14(15-13-9-5-2-6-10-13)17-11-12-7-3-1-4-8-12;12-9-5-4-8-11-13-14-15-16(11)10-6-2-1-3-7-10;12-9-5-4-8-11(14)13-10-6-2-1-3-7-10;11-7-2-3-8-6(5-7)1-4-9(12)10-8;7-6-4-2-1-3-5-6;6-4-2-1-3-5(7)8;2-1-3/h10-11,14,16H,1-9,12-13H2,(H,21,26);1-5,12H,6-10H2,(H,15,17);1,3-4,7-8,13H,2,5-6,9-11H2,(H,15,16);10H,1-9H2;10H,1-9H2,(H,13,14);2-3,5,11H,1,4H2,(H,10,12);6H,1-5,7H2;1-4H2;1H2/i1D2;;2D2;2*1D2;;1D2;;. The van der Waals surface area contributed by atoms with Crippen LogP contribution in [0.2, 0.25) is 0 Å². The van der Waals surface area contributed by atoms with Crippen LogP contribution in [0, 0.1) is 0 Å². The van der Waals surface area contributed by atoms with Crippen LogP contribution >= 0.6 is 69.6 Å². The number of rotatable bonds is 27. The van der Waals surface area contributed by atoms with E-state index in [1.165, 1.54) is 0 Å². The summed E-state index contributed by atoms with van der Waals surface area (Å²) >= 11 is 31.1. The van der Waals surface area contributed by atoms with Gasteiger partial charge in [0.05, 0.1) is 24.0 Å². The van der Waals surface area contributed by atoms with Crippen LogP contribution in [0.15, 0.2) is 97.1 Å². The Morgan fingerprint density at radius 3 is 1.35 bits per heavy atom. The molecule has 8 aliphatic rings. The predicted molar refractivity (Wildman–Crippen MR) is 487 cm³/mol. The number of ether oxygens (including phenoxy) is 3. The zero-order chi connectivity index (χ0) is 96.4. The van der Waals surface area contributed by atoms with Gasteiger partial charge in [0.2, 0.25) is 23.0 Å². The van der Waals surface area contributed by atoms with E-state index in [2.05, 4.69) is 57.6 Å². The molecule has 6 fully saturated rings. The number of phenolic OH excluding ortho intramolecular Hbond substituents is 1. The lowest BCUT2D eigenvalue weighted by Crippen LogP contribution is -2.37. The molecule has 4 aromatic carbocycles. The highest BCUT2D eigenvalue weighted by Crippen LogP contribution is 2.32. The van der Waals surface area contributed by atoms with Crippen LogP contribution in [-0.2, 0) is 72.3 Å². The summed E-state index contributed by atoms with van der Waals surface area (Å²) in [6.45, 7) is 1.16. The fourth-order valence-corrected chi connectivity index (χ4v) is 14.7. The maximum absolute atomic E-state index is 11.6. The first-order valence-corrected chi connectivity index (χ1v) is 46.2. The fourth-order valence-electron chi connectivity index (χ4n) is 14.0. The maximum Gasteiger partial charge on any atom is 0.407 e. The van der Waals surface area contributed by atoms with Crippen LogP contribution in [0.4, 0.5) is 21.0 Å². The minimum absolute atomic E-state index is 0.0344. The first-order valence-electron chi connectivity index (χ1n) is 48.2. The van der Waals surface area contributed by atoms with E-state index in [0.29, 0.717) is 140 Å². The number of nitrogens with one attached hydrogen (secondary N) is 5. The van der Waals surface area contributed by atoms with E-state index in [4.69, 9.17) is 108 Å². The van der Waals surface area contributed by atoms with E-state index in [9.17, 15) is 33.6 Å². The Kier molecular flexibility index (Phi) is 46.5. The number of unbranched alkanes of at least 4 members (excludes halogenated alkanes) is 4. The monoisotopic (exact) mass is 1820 g/mol. The molecule has 2 aliphatic heterocycles. The van der Waals surface area contributed by atoms with Crippen molar-refractivity contribution < 1.29 is 66.6 Å². The summed E-state index contributed by atoms with van der Waals surface area (Å²) < 4.78 is 96.1. The van der Waals surface area contributed by atoms with Gasteiger partial charge in [-0.25, -0.2) is 19.0 Å². The Morgan fingerprint density at radius 2 is 0.893 bits per heavy atom. The third-order valence-corrected chi connectivity index (χ3v) is 21.8. The number of aryl methyl sites for hydroxylation is 4. The molecular formula is C91H134Cl6N14O11. The number of Topliss-reactive ketones (excluding diaryl/α,β-unsaturated/α-hetero) is 1. The lowest BCUT2D eigenvalue weighted by atomic mass is 9.95. The van der Waals surface area contributed by atoms with Crippen molar-refractivity contribution in [3.63, 3.8) is 0 Å². The van der Waals surface area contributed by atoms with Crippen molar-refractivity contribution in [1.29, 1.82) is 0 Å². The number of carbonyl (C=O) groups is 7. The smallest absolute Gasteiger partial charge is 0.407 e. The molecule has 0 atom stereocenters. The molecule has 676 valence electrons. The number of ketones is 1. The molecule has 4 heterocycles. The number of carbonyl (C=O) groups excluding carboxylic acids is 7. The van der Waals surface area contributed by atoms with Crippen LogP contribution in [-0.4, -0.2) is 140 Å². The number of aromatic hydroxyl groups is 1. The van der Waals surface area contributed by atoms with Crippen molar-refractivity contribution in [2.24, 2.45) is 5.73 Å². The Hall–Kier alpha value is -7.39. The Labute approximate surface area is 767 Å². The van der Waals surface area contributed by atoms with Gasteiger partial charge in [0.1, 0.15) is 30.5 Å². The van der Waals surface area contributed by atoms with E-state index < -0.39 is 44.1 Å². The molecule has 25 nitrogen and oxygen atoms in total. The second kappa shape index (κ2) is 64.4. The number of fused-ring (bicyclic) bond motifs is 2. The molecule has 31 heteroatoms. The largest absolute Gasteiger partial charge is 0.508 e. The second-order valence-electron chi connectivity index (χ2n) is 30.4. The minimum Gasteiger partial charge on any atom is -0.508 e. The minimum atomic E-state index is -1.08. The van der Waals surface area contributed by atoms with E-state index in [0.717, 1.165) is 192 Å². The highest BCUT2D eigenvalue weighted by Gasteiger charge is 2.25. The van der Waals surface area contributed by atoms with Gasteiger partial charge in [-0.3, -0.25) is 24.0 Å². The van der Waals surface area contributed by atoms with Crippen LogP contribution in [0.25, 0.3) is 0 Å². The van der Waals surface area contributed by atoms with Crippen molar-refractivity contribution in [1.82, 2.24) is 56.4 Å². The van der Waals surface area contributed by atoms with Gasteiger partial charge in [-0.15, -0.1) is 68.2 Å². The van der Waals surface area contributed by atoms with Crippen LogP contribution in [0.3, 0.4) is 0 Å². The number of phenols is 1. The quantitative estimate of drug-likeness (QED) is 0.0109. The van der Waals surface area contributed by atoms with Gasteiger partial charge >= 0.3 is 12.2 Å². The van der Waals surface area contributed by atoms with Crippen molar-refractivity contribution in [2.75, 3.05) is 40.2 Å². The molecule has 122 heavy (non-hydrogen) atoms. The highest BCUT2D eigenvalue weighted by molar-refractivity contribution is 6.63. The SMILES string of the molecule is ClCCl.O=C(Cl)CCCCCl.O=C1CCC(NC(=O)OCc2ccccc2)CC1.O=C1CCc2cc(O)ccc2N1.[2H]C1([2H])CCC(N)CC1.[2H]C1([2H])CCC(NC(=O)CCCCCl)CC1.[2H]C1([2H])CCC(NC(=O)OCc2ccccc2)CC1.[2H]C1([2H])CCC(n2nnnc2CCCCCl)CC1.[2H]C1([2H])CCC(n2nnnc2CCCCOc2ccc3c(c2)CCC(=O)N3)CC1.